The van der Waals surface area contributed by atoms with E-state index in [0.29, 0.717) is 18.7 Å². The van der Waals surface area contributed by atoms with Crippen molar-refractivity contribution in [2.75, 3.05) is 5.32 Å². The number of unbranched alkanes of at least 4 members (excludes halogenated alkanes) is 2. The standard InChI is InChI=1S/C19H31N3O3/c1-4-5-6-7-17(23)12-18(24)20-13-15-8-10-16(11-9-15)22-19(25)21-14(2)3/h8-11,14,17,23H,4-7,12-13H2,1-3H3,(H,20,24)(H2,21,22,25)/t17-/m0/s1. The molecular weight excluding hydrogens is 318 g/mol. The highest BCUT2D eigenvalue weighted by molar-refractivity contribution is 5.89. The van der Waals surface area contributed by atoms with Gasteiger partial charge in [-0.1, -0.05) is 38.3 Å². The SMILES string of the molecule is CCCCC[C@H](O)CC(=O)NCc1ccc(NC(=O)NC(C)C)cc1. The third-order valence-corrected chi connectivity index (χ3v) is 3.68. The Bertz CT molecular complexity index is 529. The Morgan fingerprint density at radius 3 is 2.40 bits per heavy atom. The van der Waals surface area contributed by atoms with Crippen molar-refractivity contribution in [3.63, 3.8) is 0 Å². The second-order valence-corrected chi connectivity index (χ2v) is 6.58. The van der Waals surface area contributed by atoms with Gasteiger partial charge in [-0.2, -0.15) is 0 Å². The molecule has 0 aliphatic rings. The van der Waals surface area contributed by atoms with Crippen LogP contribution in [0.1, 0.15) is 58.4 Å². The molecule has 1 aromatic rings. The summed E-state index contributed by atoms with van der Waals surface area (Å²) >= 11 is 0. The number of nitrogens with one attached hydrogen (secondary N) is 3. The average Bonchev–Trinajstić information content (AvgIpc) is 2.53. The Hall–Kier alpha value is -2.08. The maximum atomic E-state index is 11.8. The van der Waals surface area contributed by atoms with E-state index >= 15 is 0 Å². The second kappa shape index (κ2) is 11.5. The third-order valence-electron chi connectivity index (χ3n) is 3.68. The lowest BCUT2D eigenvalue weighted by atomic mass is 10.1. The smallest absolute Gasteiger partial charge is 0.319 e. The fourth-order valence-electron chi connectivity index (χ4n) is 2.35. The summed E-state index contributed by atoms with van der Waals surface area (Å²) in [5, 5.41) is 18.1. The molecule has 6 heteroatoms. The van der Waals surface area contributed by atoms with E-state index in [1.54, 1.807) is 12.1 Å². The summed E-state index contributed by atoms with van der Waals surface area (Å²) in [6, 6.07) is 7.12. The topological polar surface area (TPSA) is 90.5 Å². The molecule has 25 heavy (non-hydrogen) atoms. The summed E-state index contributed by atoms with van der Waals surface area (Å²) in [6.07, 6.45) is 3.36. The summed E-state index contributed by atoms with van der Waals surface area (Å²) in [4.78, 5) is 23.5. The fourth-order valence-corrected chi connectivity index (χ4v) is 2.35. The van der Waals surface area contributed by atoms with Gasteiger partial charge in [0.15, 0.2) is 0 Å². The van der Waals surface area contributed by atoms with Crippen molar-refractivity contribution in [1.82, 2.24) is 10.6 Å². The molecule has 0 saturated heterocycles. The molecule has 4 N–H and O–H groups in total. The number of aliphatic hydroxyl groups is 1. The van der Waals surface area contributed by atoms with E-state index in [0.717, 1.165) is 24.8 Å². The minimum absolute atomic E-state index is 0.0757. The van der Waals surface area contributed by atoms with Crippen LogP contribution in [0.25, 0.3) is 0 Å². The fraction of sp³-hybridized carbons (Fsp3) is 0.579. The van der Waals surface area contributed by atoms with Gasteiger partial charge in [0.05, 0.1) is 12.5 Å². The van der Waals surface area contributed by atoms with Crippen LogP contribution in [-0.4, -0.2) is 29.2 Å². The van der Waals surface area contributed by atoms with Gasteiger partial charge >= 0.3 is 6.03 Å². The van der Waals surface area contributed by atoms with Crippen molar-refractivity contribution in [1.29, 1.82) is 0 Å². The number of hydrogen-bond donors (Lipinski definition) is 4. The molecule has 0 saturated carbocycles. The van der Waals surface area contributed by atoms with E-state index in [2.05, 4.69) is 22.9 Å². The van der Waals surface area contributed by atoms with Crippen LogP contribution in [0.2, 0.25) is 0 Å². The highest BCUT2D eigenvalue weighted by Gasteiger charge is 2.10. The maximum Gasteiger partial charge on any atom is 0.319 e. The largest absolute Gasteiger partial charge is 0.393 e. The lowest BCUT2D eigenvalue weighted by Gasteiger charge is -2.12. The number of carbonyl (C=O) groups is 2. The zero-order valence-electron chi connectivity index (χ0n) is 15.5. The number of benzene rings is 1. The predicted octanol–water partition coefficient (Wildman–Crippen LogP) is 3.16. The molecule has 0 unspecified atom stereocenters. The summed E-state index contributed by atoms with van der Waals surface area (Å²) in [5.41, 5.74) is 1.63. The Morgan fingerprint density at radius 1 is 1.12 bits per heavy atom. The van der Waals surface area contributed by atoms with Gasteiger partial charge in [-0.15, -0.1) is 0 Å². The molecule has 0 spiro atoms. The number of urea groups is 1. The molecule has 1 atom stereocenters. The third kappa shape index (κ3) is 9.72. The van der Waals surface area contributed by atoms with Crippen LogP contribution in [0.3, 0.4) is 0 Å². The van der Waals surface area contributed by atoms with Gasteiger partial charge in [0.1, 0.15) is 0 Å². The van der Waals surface area contributed by atoms with Crippen LogP contribution in [0.15, 0.2) is 24.3 Å². The van der Waals surface area contributed by atoms with Gasteiger partial charge in [-0.25, -0.2) is 4.79 Å². The van der Waals surface area contributed by atoms with Crippen molar-refractivity contribution in [2.24, 2.45) is 0 Å². The average molecular weight is 349 g/mol. The zero-order chi connectivity index (χ0) is 18.7. The van der Waals surface area contributed by atoms with Crippen molar-refractivity contribution >= 4 is 17.6 Å². The van der Waals surface area contributed by atoms with E-state index in [1.807, 2.05) is 26.0 Å². The minimum Gasteiger partial charge on any atom is -0.393 e. The minimum atomic E-state index is -0.572. The first-order valence-electron chi connectivity index (χ1n) is 9.02. The van der Waals surface area contributed by atoms with Crippen LogP contribution in [0.4, 0.5) is 10.5 Å². The van der Waals surface area contributed by atoms with Crippen molar-refractivity contribution in [3.8, 4) is 0 Å². The van der Waals surface area contributed by atoms with E-state index < -0.39 is 6.10 Å². The van der Waals surface area contributed by atoms with Crippen molar-refractivity contribution in [2.45, 2.75) is 71.6 Å². The molecule has 0 radical (unpaired) electrons. The first-order chi connectivity index (χ1) is 11.9. The lowest BCUT2D eigenvalue weighted by Crippen LogP contribution is -2.34. The van der Waals surface area contributed by atoms with Crippen LogP contribution in [0.5, 0.6) is 0 Å². The molecule has 0 aliphatic heterocycles. The van der Waals surface area contributed by atoms with Gasteiger partial charge in [0.2, 0.25) is 5.91 Å². The van der Waals surface area contributed by atoms with E-state index in [9.17, 15) is 14.7 Å². The van der Waals surface area contributed by atoms with Crippen LogP contribution >= 0.6 is 0 Å². The quantitative estimate of drug-likeness (QED) is 0.489. The first-order valence-corrected chi connectivity index (χ1v) is 9.02. The summed E-state index contributed by atoms with van der Waals surface area (Å²) < 4.78 is 0. The van der Waals surface area contributed by atoms with Crippen LogP contribution in [0, 0.1) is 0 Å². The molecule has 0 aromatic heterocycles. The predicted molar refractivity (Wildman–Crippen MR) is 100 cm³/mol. The number of carbonyl (C=O) groups excluding carboxylic acids is 2. The van der Waals surface area contributed by atoms with Gasteiger partial charge in [0, 0.05) is 18.3 Å². The molecule has 6 nitrogen and oxygen atoms in total. The number of anilines is 1. The van der Waals surface area contributed by atoms with Gasteiger partial charge < -0.3 is 21.1 Å². The van der Waals surface area contributed by atoms with E-state index in [-0.39, 0.29) is 24.4 Å². The van der Waals surface area contributed by atoms with Crippen LogP contribution < -0.4 is 16.0 Å². The Kier molecular flexibility index (Phi) is 9.62. The molecule has 0 heterocycles. The van der Waals surface area contributed by atoms with Crippen molar-refractivity contribution in [3.05, 3.63) is 29.8 Å². The molecule has 3 amide bonds. The number of rotatable bonds is 10. The normalized spacial score (nSPS) is 11.9. The van der Waals surface area contributed by atoms with Gasteiger partial charge in [-0.3, -0.25) is 4.79 Å². The monoisotopic (exact) mass is 349 g/mol. The Balaban J connectivity index is 2.33. The highest BCUT2D eigenvalue weighted by Crippen LogP contribution is 2.10. The molecular formula is C19H31N3O3. The molecule has 1 rings (SSSR count). The number of amides is 3. The Labute approximate surface area is 150 Å². The van der Waals surface area contributed by atoms with E-state index in [1.165, 1.54) is 0 Å². The summed E-state index contributed by atoms with van der Waals surface area (Å²) in [7, 11) is 0. The van der Waals surface area contributed by atoms with Crippen molar-refractivity contribution < 1.29 is 14.7 Å². The van der Waals surface area contributed by atoms with E-state index in [4.69, 9.17) is 0 Å². The lowest BCUT2D eigenvalue weighted by molar-refractivity contribution is -0.123. The number of aliphatic hydroxyl groups excluding tert-OH is 1. The summed E-state index contributed by atoms with van der Waals surface area (Å²) in [5.74, 6) is -0.150. The highest BCUT2D eigenvalue weighted by atomic mass is 16.3. The first kappa shape index (κ1) is 21.0. The maximum absolute atomic E-state index is 11.8. The number of hydrogen-bond acceptors (Lipinski definition) is 3. The van der Waals surface area contributed by atoms with Crippen LogP contribution in [-0.2, 0) is 11.3 Å². The molecule has 140 valence electrons. The second-order valence-electron chi connectivity index (χ2n) is 6.58. The van der Waals surface area contributed by atoms with Gasteiger partial charge in [0.25, 0.3) is 0 Å². The molecule has 0 bridgehead atoms. The molecule has 0 aliphatic carbocycles. The van der Waals surface area contributed by atoms with Gasteiger partial charge in [-0.05, 0) is 38.0 Å². The molecule has 0 fully saturated rings. The Morgan fingerprint density at radius 2 is 1.80 bits per heavy atom. The molecule has 1 aromatic carbocycles. The zero-order valence-corrected chi connectivity index (χ0v) is 15.5. The summed E-state index contributed by atoms with van der Waals surface area (Å²) in [6.45, 7) is 6.30.